The first-order valence-corrected chi connectivity index (χ1v) is 8.65. The van der Waals surface area contributed by atoms with Gasteiger partial charge in [-0.15, -0.1) is 0 Å². The molecule has 0 radical (unpaired) electrons. The van der Waals surface area contributed by atoms with Crippen molar-refractivity contribution in [1.29, 1.82) is 0 Å². The normalized spacial score (nSPS) is 14.5. The Hall–Kier alpha value is -2.33. The van der Waals surface area contributed by atoms with Crippen LogP contribution in [0.15, 0.2) is 54.6 Å². The van der Waals surface area contributed by atoms with Gasteiger partial charge in [-0.05, 0) is 17.7 Å². The van der Waals surface area contributed by atoms with E-state index in [0.29, 0.717) is 12.3 Å². The second-order valence-corrected chi connectivity index (χ2v) is 6.33. The van der Waals surface area contributed by atoms with E-state index in [2.05, 4.69) is 29.6 Å². The lowest BCUT2D eigenvalue weighted by Gasteiger charge is -2.12. The molecule has 0 saturated carbocycles. The molecule has 1 aliphatic heterocycles. The Morgan fingerprint density at radius 2 is 1.62 bits per heavy atom. The van der Waals surface area contributed by atoms with Crippen molar-refractivity contribution in [2.75, 3.05) is 19.7 Å². The molecule has 0 aliphatic carbocycles. The number of hydrogen-bond donors (Lipinski definition) is 2. The van der Waals surface area contributed by atoms with Crippen LogP contribution in [-0.4, -0.2) is 25.6 Å². The number of quaternary nitrogens is 1. The average Bonchev–Trinajstić information content (AvgIpc) is 3.13. The molecule has 1 amide bonds. The van der Waals surface area contributed by atoms with Gasteiger partial charge in [-0.2, -0.15) is 0 Å². The van der Waals surface area contributed by atoms with Crippen molar-refractivity contribution in [2.45, 2.75) is 25.9 Å². The number of likely N-dealkylation sites (tertiary alicyclic amines) is 1. The second-order valence-electron chi connectivity index (χ2n) is 6.33. The zero-order valence-corrected chi connectivity index (χ0v) is 14.0. The van der Waals surface area contributed by atoms with Crippen LogP contribution in [0.5, 0.6) is 5.75 Å². The zero-order chi connectivity index (χ0) is 16.6. The van der Waals surface area contributed by atoms with Crippen molar-refractivity contribution in [3.8, 4) is 5.75 Å². The molecule has 3 rings (SSSR count). The fraction of sp³-hybridized carbons (Fsp3) is 0.350. The highest BCUT2D eigenvalue weighted by Gasteiger charge is 2.15. The van der Waals surface area contributed by atoms with Gasteiger partial charge in [0.25, 0.3) is 5.91 Å². The highest BCUT2D eigenvalue weighted by Crippen LogP contribution is 2.08. The van der Waals surface area contributed by atoms with E-state index in [1.807, 2.05) is 30.3 Å². The highest BCUT2D eigenvalue weighted by atomic mass is 16.5. The number of para-hydroxylation sites is 1. The fourth-order valence-electron chi connectivity index (χ4n) is 3.03. The minimum absolute atomic E-state index is 0.0421. The quantitative estimate of drug-likeness (QED) is 0.811. The topological polar surface area (TPSA) is 42.8 Å². The summed E-state index contributed by atoms with van der Waals surface area (Å²) in [5.41, 5.74) is 2.48. The first kappa shape index (κ1) is 16.5. The molecule has 24 heavy (non-hydrogen) atoms. The Balaban J connectivity index is 1.40. The fourth-order valence-corrected chi connectivity index (χ4v) is 3.03. The summed E-state index contributed by atoms with van der Waals surface area (Å²) in [5.74, 6) is 0.603. The van der Waals surface area contributed by atoms with Crippen LogP contribution in [0.25, 0.3) is 0 Å². The summed E-state index contributed by atoms with van der Waals surface area (Å²) in [7, 11) is 0. The summed E-state index contributed by atoms with van der Waals surface area (Å²) in [6, 6.07) is 17.9. The summed E-state index contributed by atoms with van der Waals surface area (Å²) in [5, 5.41) is 2.89. The van der Waals surface area contributed by atoms with Gasteiger partial charge in [-0.1, -0.05) is 42.5 Å². The first-order valence-electron chi connectivity index (χ1n) is 8.65. The van der Waals surface area contributed by atoms with E-state index in [1.54, 1.807) is 4.90 Å². The van der Waals surface area contributed by atoms with Crippen molar-refractivity contribution >= 4 is 5.91 Å². The molecular weight excluding hydrogens is 300 g/mol. The molecule has 2 N–H and O–H groups in total. The van der Waals surface area contributed by atoms with Crippen LogP contribution in [0.2, 0.25) is 0 Å². The molecule has 1 saturated heterocycles. The van der Waals surface area contributed by atoms with E-state index in [9.17, 15) is 4.79 Å². The molecule has 0 bridgehead atoms. The average molecular weight is 325 g/mol. The van der Waals surface area contributed by atoms with Crippen LogP contribution < -0.4 is 15.0 Å². The van der Waals surface area contributed by atoms with Gasteiger partial charge in [-0.3, -0.25) is 4.79 Å². The monoisotopic (exact) mass is 325 g/mol. The molecule has 2 aromatic rings. The maximum absolute atomic E-state index is 11.8. The molecule has 4 heteroatoms. The number of amides is 1. The van der Waals surface area contributed by atoms with E-state index < -0.39 is 0 Å². The van der Waals surface area contributed by atoms with Crippen molar-refractivity contribution in [1.82, 2.24) is 5.32 Å². The Morgan fingerprint density at radius 1 is 0.958 bits per heavy atom. The molecule has 0 unspecified atom stereocenters. The van der Waals surface area contributed by atoms with Crippen LogP contribution in [0, 0.1) is 0 Å². The molecule has 0 spiro atoms. The minimum atomic E-state index is -0.107. The molecule has 1 aliphatic rings. The van der Waals surface area contributed by atoms with E-state index in [4.69, 9.17) is 4.74 Å². The van der Waals surface area contributed by atoms with Gasteiger partial charge in [0.05, 0.1) is 13.1 Å². The standard InChI is InChI=1S/C20H24N2O2/c23-20(16-24-19-6-2-1-3-7-19)21-14-17-8-10-18(11-9-17)15-22-12-4-5-13-22/h1-3,6-11H,4-5,12-16H2,(H,21,23)/p+1. The van der Waals surface area contributed by atoms with Crippen molar-refractivity contribution in [3.05, 3.63) is 65.7 Å². The third-order valence-corrected chi connectivity index (χ3v) is 4.39. The summed E-state index contributed by atoms with van der Waals surface area (Å²) < 4.78 is 5.43. The van der Waals surface area contributed by atoms with Gasteiger partial charge in [0.2, 0.25) is 0 Å². The largest absolute Gasteiger partial charge is 0.484 e. The highest BCUT2D eigenvalue weighted by molar-refractivity contribution is 5.77. The Bertz CT molecular complexity index is 634. The van der Waals surface area contributed by atoms with Crippen LogP contribution in [0.4, 0.5) is 0 Å². The van der Waals surface area contributed by atoms with E-state index in [1.165, 1.54) is 31.5 Å². The molecule has 0 atom stereocenters. The van der Waals surface area contributed by atoms with Gasteiger partial charge in [-0.25, -0.2) is 0 Å². The Morgan fingerprint density at radius 3 is 2.33 bits per heavy atom. The maximum Gasteiger partial charge on any atom is 0.258 e. The van der Waals surface area contributed by atoms with Crippen LogP contribution in [0.3, 0.4) is 0 Å². The maximum atomic E-state index is 11.8. The van der Waals surface area contributed by atoms with Gasteiger partial charge in [0.15, 0.2) is 6.61 Å². The molecule has 0 aromatic heterocycles. The van der Waals surface area contributed by atoms with Gasteiger partial charge in [0, 0.05) is 24.9 Å². The summed E-state index contributed by atoms with van der Waals surface area (Å²) in [4.78, 5) is 13.5. The lowest BCUT2D eigenvalue weighted by Crippen LogP contribution is -3.08. The van der Waals surface area contributed by atoms with E-state index in [-0.39, 0.29) is 12.5 Å². The predicted octanol–water partition coefficient (Wildman–Crippen LogP) is 1.56. The lowest BCUT2D eigenvalue weighted by molar-refractivity contribution is -0.901. The van der Waals surface area contributed by atoms with Crippen LogP contribution >= 0.6 is 0 Å². The third kappa shape index (κ3) is 5.10. The minimum Gasteiger partial charge on any atom is -0.484 e. The Kier molecular flexibility index (Phi) is 5.85. The first-order chi connectivity index (χ1) is 11.8. The van der Waals surface area contributed by atoms with Crippen LogP contribution in [-0.2, 0) is 17.9 Å². The van der Waals surface area contributed by atoms with Gasteiger partial charge >= 0.3 is 0 Å². The summed E-state index contributed by atoms with van der Waals surface area (Å²) >= 11 is 0. The molecule has 2 aromatic carbocycles. The molecule has 1 heterocycles. The molecule has 1 fully saturated rings. The number of carbonyl (C=O) groups is 1. The number of carbonyl (C=O) groups excluding carboxylic acids is 1. The summed E-state index contributed by atoms with van der Waals surface area (Å²) in [6.07, 6.45) is 2.70. The number of rotatable bonds is 7. The van der Waals surface area contributed by atoms with Crippen molar-refractivity contribution in [2.24, 2.45) is 0 Å². The third-order valence-electron chi connectivity index (χ3n) is 4.39. The smallest absolute Gasteiger partial charge is 0.258 e. The van der Waals surface area contributed by atoms with Crippen molar-refractivity contribution in [3.63, 3.8) is 0 Å². The molecule has 4 nitrogen and oxygen atoms in total. The van der Waals surface area contributed by atoms with Gasteiger partial charge < -0.3 is 15.0 Å². The molecule has 126 valence electrons. The number of ether oxygens (including phenoxy) is 1. The zero-order valence-electron chi connectivity index (χ0n) is 14.0. The number of benzene rings is 2. The second kappa shape index (κ2) is 8.50. The van der Waals surface area contributed by atoms with Crippen LogP contribution in [0.1, 0.15) is 24.0 Å². The Labute approximate surface area is 143 Å². The van der Waals surface area contributed by atoms with E-state index >= 15 is 0 Å². The lowest BCUT2D eigenvalue weighted by atomic mass is 10.1. The van der Waals surface area contributed by atoms with Gasteiger partial charge in [0.1, 0.15) is 12.3 Å². The van der Waals surface area contributed by atoms with Crippen molar-refractivity contribution < 1.29 is 14.4 Å². The molecular formula is C20H25N2O2+. The number of hydrogen-bond acceptors (Lipinski definition) is 2. The SMILES string of the molecule is O=C(COc1ccccc1)NCc1ccc(C[NH+]2CCCC2)cc1. The van der Waals surface area contributed by atoms with E-state index in [0.717, 1.165) is 12.1 Å². The number of nitrogens with one attached hydrogen (secondary N) is 2. The predicted molar refractivity (Wildman–Crippen MR) is 93.9 cm³/mol. The summed E-state index contributed by atoms with van der Waals surface area (Å²) in [6.45, 7) is 4.27.